The monoisotopic (exact) mass is 349 g/mol. The predicted molar refractivity (Wildman–Crippen MR) is 90.1 cm³/mol. The van der Waals surface area contributed by atoms with Crippen LogP contribution in [0.1, 0.15) is 43.0 Å². The molecule has 3 heteroatoms. The van der Waals surface area contributed by atoms with Gasteiger partial charge in [-0.3, -0.25) is 0 Å². The van der Waals surface area contributed by atoms with Crippen LogP contribution in [0.5, 0.6) is 0 Å². The Balaban J connectivity index is 2.38. The third kappa shape index (κ3) is 3.92. The molecule has 0 saturated heterocycles. The Morgan fingerprint density at radius 3 is 2.38 bits per heavy atom. The minimum Gasteiger partial charge on any atom is -0.306 e. The van der Waals surface area contributed by atoms with Gasteiger partial charge >= 0.3 is 0 Å². The van der Waals surface area contributed by atoms with Gasteiger partial charge in [0.25, 0.3) is 0 Å². The second kappa shape index (κ2) is 7.71. The van der Waals surface area contributed by atoms with E-state index in [0.717, 1.165) is 29.4 Å². The van der Waals surface area contributed by atoms with Gasteiger partial charge in [-0.2, -0.15) is 0 Å². The Labute approximate surface area is 134 Å². The van der Waals surface area contributed by atoms with Crippen molar-refractivity contribution in [1.29, 1.82) is 0 Å². The van der Waals surface area contributed by atoms with Crippen molar-refractivity contribution >= 4 is 15.9 Å². The highest BCUT2D eigenvalue weighted by atomic mass is 79.9. The maximum atomic E-state index is 14.2. The number of hydrogen-bond acceptors (Lipinski definition) is 1. The molecule has 0 heterocycles. The predicted octanol–water partition coefficient (Wildman–Crippen LogP) is 5.24. The second-order valence-corrected chi connectivity index (χ2v) is 5.97. The largest absolute Gasteiger partial charge is 0.306 e. The average molecular weight is 350 g/mol. The molecule has 2 aromatic carbocycles. The van der Waals surface area contributed by atoms with E-state index < -0.39 is 0 Å². The van der Waals surface area contributed by atoms with Crippen LogP contribution in [0.4, 0.5) is 4.39 Å². The third-order valence-electron chi connectivity index (χ3n) is 3.55. The van der Waals surface area contributed by atoms with Crippen LogP contribution in [0.15, 0.2) is 46.9 Å². The molecule has 1 N–H and O–H groups in total. The molecule has 0 amide bonds. The molecule has 2 aromatic rings. The van der Waals surface area contributed by atoms with Crippen molar-refractivity contribution in [3.63, 3.8) is 0 Å². The van der Waals surface area contributed by atoms with E-state index in [1.165, 1.54) is 11.6 Å². The van der Waals surface area contributed by atoms with E-state index in [1.54, 1.807) is 6.07 Å². The van der Waals surface area contributed by atoms with Gasteiger partial charge in [-0.05, 0) is 36.2 Å². The van der Waals surface area contributed by atoms with Crippen LogP contribution in [-0.4, -0.2) is 6.54 Å². The van der Waals surface area contributed by atoms with Gasteiger partial charge in [-0.15, -0.1) is 0 Å². The summed E-state index contributed by atoms with van der Waals surface area (Å²) in [5.74, 6) is -0.187. The van der Waals surface area contributed by atoms with E-state index in [0.29, 0.717) is 5.56 Å². The van der Waals surface area contributed by atoms with Crippen LogP contribution in [0.3, 0.4) is 0 Å². The van der Waals surface area contributed by atoms with Crippen molar-refractivity contribution < 1.29 is 4.39 Å². The van der Waals surface area contributed by atoms with E-state index in [1.807, 2.05) is 13.0 Å². The average Bonchev–Trinajstić information content (AvgIpc) is 2.47. The molecule has 1 unspecified atom stereocenters. The van der Waals surface area contributed by atoms with Crippen LogP contribution < -0.4 is 5.32 Å². The summed E-state index contributed by atoms with van der Waals surface area (Å²) in [6, 6.07) is 13.4. The molecular weight excluding hydrogens is 329 g/mol. The molecule has 112 valence electrons. The van der Waals surface area contributed by atoms with Gasteiger partial charge in [0.05, 0.1) is 6.04 Å². The standard InChI is InChI=1S/C18H21BrFN/c1-3-6-13-9-11-14(12-10-13)18(21-4-2)17-15(19)7-5-8-16(17)20/h5,7-12,18,21H,3-4,6H2,1-2H3. The van der Waals surface area contributed by atoms with Gasteiger partial charge < -0.3 is 5.32 Å². The summed E-state index contributed by atoms with van der Waals surface area (Å²) in [5, 5.41) is 3.38. The summed E-state index contributed by atoms with van der Waals surface area (Å²) in [6.45, 7) is 4.99. The maximum Gasteiger partial charge on any atom is 0.129 e. The second-order valence-electron chi connectivity index (χ2n) is 5.12. The first-order valence-corrected chi connectivity index (χ1v) is 8.22. The molecule has 0 bridgehead atoms. The molecule has 1 nitrogen and oxygen atoms in total. The fraction of sp³-hybridized carbons (Fsp3) is 0.333. The lowest BCUT2D eigenvalue weighted by atomic mass is 9.96. The Morgan fingerprint density at radius 1 is 1.10 bits per heavy atom. The highest BCUT2D eigenvalue weighted by Crippen LogP contribution is 2.31. The Kier molecular flexibility index (Phi) is 5.95. The summed E-state index contributed by atoms with van der Waals surface area (Å²) in [4.78, 5) is 0. The number of benzene rings is 2. The molecule has 0 spiro atoms. The minimum absolute atomic E-state index is 0.138. The van der Waals surface area contributed by atoms with E-state index in [4.69, 9.17) is 0 Å². The number of halogens is 2. The molecule has 1 atom stereocenters. The van der Waals surface area contributed by atoms with Gasteiger partial charge in [-0.1, -0.05) is 66.5 Å². The number of rotatable bonds is 6. The number of nitrogens with one attached hydrogen (secondary N) is 1. The third-order valence-corrected chi connectivity index (χ3v) is 4.24. The van der Waals surface area contributed by atoms with E-state index in [2.05, 4.69) is 52.4 Å². The van der Waals surface area contributed by atoms with Crippen LogP contribution in [0.2, 0.25) is 0 Å². The lowest BCUT2D eigenvalue weighted by Crippen LogP contribution is -2.23. The quantitative estimate of drug-likeness (QED) is 0.751. The van der Waals surface area contributed by atoms with Crippen LogP contribution in [0.25, 0.3) is 0 Å². The topological polar surface area (TPSA) is 12.0 Å². The zero-order valence-corrected chi connectivity index (χ0v) is 14.1. The summed E-state index contributed by atoms with van der Waals surface area (Å²) < 4.78 is 15.0. The van der Waals surface area contributed by atoms with Crippen molar-refractivity contribution in [1.82, 2.24) is 5.32 Å². The first kappa shape index (κ1) is 16.2. The zero-order valence-electron chi connectivity index (χ0n) is 12.5. The van der Waals surface area contributed by atoms with Crippen LogP contribution >= 0.6 is 15.9 Å². The molecule has 0 saturated carbocycles. The van der Waals surface area contributed by atoms with Gasteiger partial charge in [0.2, 0.25) is 0 Å². The van der Waals surface area contributed by atoms with Gasteiger partial charge in [0, 0.05) is 10.0 Å². The molecule has 0 aromatic heterocycles. The maximum absolute atomic E-state index is 14.2. The first-order valence-electron chi connectivity index (χ1n) is 7.43. The Hall–Kier alpha value is -1.19. The fourth-order valence-electron chi connectivity index (χ4n) is 2.54. The zero-order chi connectivity index (χ0) is 15.2. The summed E-state index contributed by atoms with van der Waals surface area (Å²) in [7, 11) is 0. The SMILES string of the molecule is CCCc1ccc(C(NCC)c2c(F)cccc2Br)cc1. The molecule has 2 rings (SSSR count). The van der Waals surface area contributed by atoms with E-state index in [-0.39, 0.29) is 11.9 Å². The number of hydrogen-bond donors (Lipinski definition) is 1. The Morgan fingerprint density at radius 2 is 1.81 bits per heavy atom. The van der Waals surface area contributed by atoms with Crippen molar-refractivity contribution in [2.75, 3.05) is 6.54 Å². The normalized spacial score (nSPS) is 12.4. The van der Waals surface area contributed by atoms with Gasteiger partial charge in [-0.25, -0.2) is 4.39 Å². The summed E-state index contributed by atoms with van der Waals surface area (Å²) >= 11 is 3.47. The van der Waals surface area contributed by atoms with E-state index in [9.17, 15) is 4.39 Å². The minimum atomic E-state index is -0.187. The summed E-state index contributed by atoms with van der Waals surface area (Å²) in [6.07, 6.45) is 2.21. The van der Waals surface area contributed by atoms with Gasteiger partial charge in [0.15, 0.2) is 0 Å². The van der Waals surface area contributed by atoms with Crippen molar-refractivity contribution in [2.45, 2.75) is 32.7 Å². The summed E-state index contributed by atoms with van der Waals surface area (Å²) in [5.41, 5.74) is 3.08. The molecule has 0 fully saturated rings. The highest BCUT2D eigenvalue weighted by molar-refractivity contribution is 9.10. The van der Waals surface area contributed by atoms with Crippen molar-refractivity contribution in [3.05, 3.63) is 69.4 Å². The van der Waals surface area contributed by atoms with E-state index >= 15 is 0 Å². The fourth-order valence-corrected chi connectivity index (χ4v) is 3.11. The van der Waals surface area contributed by atoms with Crippen molar-refractivity contribution in [3.8, 4) is 0 Å². The van der Waals surface area contributed by atoms with Crippen LogP contribution in [0, 0.1) is 5.82 Å². The molecule has 21 heavy (non-hydrogen) atoms. The van der Waals surface area contributed by atoms with Crippen LogP contribution in [-0.2, 0) is 6.42 Å². The van der Waals surface area contributed by atoms with Crippen molar-refractivity contribution in [2.24, 2.45) is 0 Å². The Bertz CT molecular complexity index is 560. The molecule has 0 aliphatic carbocycles. The highest BCUT2D eigenvalue weighted by Gasteiger charge is 2.19. The smallest absolute Gasteiger partial charge is 0.129 e. The molecule has 0 aliphatic heterocycles. The first-order chi connectivity index (χ1) is 10.2. The molecular formula is C18H21BrFN. The lowest BCUT2D eigenvalue weighted by molar-refractivity contribution is 0.556. The molecule has 0 radical (unpaired) electrons. The lowest BCUT2D eigenvalue weighted by Gasteiger charge is -2.21. The molecule has 0 aliphatic rings. The van der Waals surface area contributed by atoms with Gasteiger partial charge in [0.1, 0.15) is 5.82 Å². The number of aryl methyl sites for hydroxylation is 1.